The van der Waals surface area contributed by atoms with Crippen LogP contribution in [0.15, 0.2) is 48.5 Å². The highest BCUT2D eigenvalue weighted by molar-refractivity contribution is 6.09. The first-order valence-electron chi connectivity index (χ1n) is 10.7. The number of primary amides is 1. The van der Waals surface area contributed by atoms with Crippen molar-refractivity contribution in [2.45, 2.75) is 26.7 Å². The number of aromatic nitrogens is 2. The number of benzene rings is 2. The summed E-state index contributed by atoms with van der Waals surface area (Å²) < 4.78 is 1.40. The Hall–Kier alpha value is -4.14. The summed E-state index contributed by atoms with van der Waals surface area (Å²) in [6, 6.07) is 13.4. The maximum atomic E-state index is 13.5. The Balaban J connectivity index is 1.72. The highest BCUT2D eigenvalue weighted by Crippen LogP contribution is 2.30. The molecule has 0 radical (unpaired) electrons. The second kappa shape index (κ2) is 8.78. The molecule has 1 aliphatic heterocycles. The number of carbonyl (C=O) groups is 3. The Morgan fingerprint density at radius 3 is 2.30 bits per heavy atom. The molecule has 0 spiro atoms. The molecular weight excluding hydrogens is 422 g/mol. The van der Waals surface area contributed by atoms with Crippen molar-refractivity contribution in [3.63, 3.8) is 0 Å². The van der Waals surface area contributed by atoms with Gasteiger partial charge in [-0.1, -0.05) is 6.92 Å². The average molecular weight is 447 g/mol. The number of phenols is 1. The fourth-order valence-electron chi connectivity index (χ4n) is 4.09. The SMILES string of the molecule is CCCN(C(C)=O)c1ccc(N2CCc3c(C(N)=O)nn(-c4ccc(O)cc4)c3C2=O)cc1. The van der Waals surface area contributed by atoms with Gasteiger partial charge in [0.25, 0.3) is 11.8 Å². The van der Waals surface area contributed by atoms with Crippen LogP contribution < -0.4 is 15.5 Å². The molecular formula is C24H25N5O4. The zero-order valence-electron chi connectivity index (χ0n) is 18.5. The molecule has 0 atom stereocenters. The molecule has 3 aromatic rings. The Labute approximate surface area is 191 Å². The quantitative estimate of drug-likeness (QED) is 0.602. The Bertz CT molecular complexity index is 1210. The van der Waals surface area contributed by atoms with Gasteiger partial charge in [-0.05, 0) is 61.4 Å². The Morgan fingerprint density at radius 2 is 1.73 bits per heavy atom. The van der Waals surface area contributed by atoms with E-state index in [9.17, 15) is 19.5 Å². The van der Waals surface area contributed by atoms with Crippen LogP contribution in [0.4, 0.5) is 11.4 Å². The minimum atomic E-state index is -0.699. The van der Waals surface area contributed by atoms with Crippen molar-refractivity contribution in [2.75, 3.05) is 22.9 Å². The summed E-state index contributed by atoms with van der Waals surface area (Å²) in [7, 11) is 0. The van der Waals surface area contributed by atoms with E-state index in [1.165, 1.54) is 23.7 Å². The predicted molar refractivity (Wildman–Crippen MR) is 124 cm³/mol. The number of aromatic hydroxyl groups is 1. The fourth-order valence-corrected chi connectivity index (χ4v) is 4.09. The zero-order chi connectivity index (χ0) is 23.7. The first-order chi connectivity index (χ1) is 15.8. The van der Waals surface area contributed by atoms with Crippen molar-refractivity contribution in [3.8, 4) is 11.4 Å². The minimum absolute atomic E-state index is 0.0416. The molecule has 2 heterocycles. The second-order valence-corrected chi connectivity index (χ2v) is 7.86. The van der Waals surface area contributed by atoms with Gasteiger partial charge in [0.1, 0.15) is 11.4 Å². The monoisotopic (exact) mass is 447 g/mol. The van der Waals surface area contributed by atoms with Crippen molar-refractivity contribution < 1.29 is 19.5 Å². The molecule has 3 amide bonds. The van der Waals surface area contributed by atoms with Crippen LogP contribution in [0.3, 0.4) is 0 Å². The summed E-state index contributed by atoms with van der Waals surface area (Å²) in [5.41, 5.74) is 8.34. The van der Waals surface area contributed by atoms with Crippen LogP contribution >= 0.6 is 0 Å². The number of fused-ring (bicyclic) bond motifs is 1. The topological polar surface area (TPSA) is 122 Å². The van der Waals surface area contributed by atoms with E-state index in [0.29, 0.717) is 36.4 Å². The highest BCUT2D eigenvalue weighted by atomic mass is 16.3. The number of phenolic OH excluding ortho intramolecular Hbond substituents is 1. The van der Waals surface area contributed by atoms with Gasteiger partial charge in [-0.3, -0.25) is 14.4 Å². The smallest absolute Gasteiger partial charge is 0.277 e. The molecule has 0 fully saturated rings. The van der Waals surface area contributed by atoms with Crippen LogP contribution in [-0.4, -0.2) is 45.7 Å². The van der Waals surface area contributed by atoms with Gasteiger partial charge in [0.15, 0.2) is 5.69 Å². The van der Waals surface area contributed by atoms with Crippen molar-refractivity contribution in [1.82, 2.24) is 9.78 Å². The summed E-state index contributed by atoms with van der Waals surface area (Å²) >= 11 is 0. The first kappa shape index (κ1) is 22.1. The molecule has 0 aliphatic carbocycles. The molecule has 2 aromatic carbocycles. The zero-order valence-corrected chi connectivity index (χ0v) is 18.5. The maximum absolute atomic E-state index is 13.5. The second-order valence-electron chi connectivity index (χ2n) is 7.86. The van der Waals surface area contributed by atoms with Gasteiger partial charge in [0, 0.05) is 37.0 Å². The number of nitrogens with zero attached hydrogens (tertiary/aromatic N) is 4. The molecule has 0 bridgehead atoms. The molecule has 4 rings (SSSR count). The van der Waals surface area contributed by atoms with E-state index in [4.69, 9.17) is 5.73 Å². The standard InChI is InChI=1S/C24H25N5O4/c1-3-13-27(15(2)30)16-4-6-17(7-5-16)28-14-12-20-21(23(25)32)26-29(22(20)24(28)33)18-8-10-19(31)11-9-18/h4-11,31H,3,12-14H2,1-2H3,(H2,25,32). The van der Waals surface area contributed by atoms with Gasteiger partial charge in [0.2, 0.25) is 5.91 Å². The first-order valence-corrected chi connectivity index (χ1v) is 10.7. The number of carbonyl (C=O) groups excluding carboxylic acids is 3. The maximum Gasteiger partial charge on any atom is 0.277 e. The number of nitrogens with two attached hydrogens (primary N) is 1. The number of hydrogen-bond donors (Lipinski definition) is 2. The lowest BCUT2D eigenvalue weighted by Gasteiger charge is -2.28. The summed E-state index contributed by atoms with van der Waals surface area (Å²) in [5, 5.41) is 13.9. The Kier molecular flexibility index (Phi) is 5.87. The van der Waals surface area contributed by atoms with Crippen LogP contribution in [0.1, 0.15) is 46.8 Å². The average Bonchev–Trinajstić information content (AvgIpc) is 3.19. The summed E-state index contributed by atoms with van der Waals surface area (Å²) in [6.07, 6.45) is 1.24. The van der Waals surface area contributed by atoms with E-state index in [1.54, 1.807) is 34.1 Å². The van der Waals surface area contributed by atoms with Gasteiger partial charge in [0.05, 0.1) is 5.69 Å². The Morgan fingerprint density at radius 1 is 1.09 bits per heavy atom. The lowest BCUT2D eigenvalue weighted by Crippen LogP contribution is -2.39. The lowest BCUT2D eigenvalue weighted by molar-refractivity contribution is -0.116. The molecule has 33 heavy (non-hydrogen) atoms. The number of rotatable bonds is 6. The molecule has 170 valence electrons. The van der Waals surface area contributed by atoms with Gasteiger partial charge in [-0.25, -0.2) is 4.68 Å². The van der Waals surface area contributed by atoms with Gasteiger partial charge in [-0.2, -0.15) is 5.10 Å². The third-order valence-corrected chi connectivity index (χ3v) is 5.64. The molecule has 9 heteroatoms. The van der Waals surface area contributed by atoms with Crippen molar-refractivity contribution in [2.24, 2.45) is 5.73 Å². The van der Waals surface area contributed by atoms with Crippen molar-refractivity contribution in [1.29, 1.82) is 0 Å². The number of amides is 3. The van der Waals surface area contributed by atoms with Crippen molar-refractivity contribution in [3.05, 3.63) is 65.5 Å². The molecule has 3 N–H and O–H groups in total. The van der Waals surface area contributed by atoms with Gasteiger partial charge >= 0.3 is 0 Å². The molecule has 1 aromatic heterocycles. The van der Waals surface area contributed by atoms with Gasteiger partial charge in [-0.15, -0.1) is 0 Å². The summed E-state index contributed by atoms with van der Waals surface area (Å²) in [5.74, 6) is -0.977. The van der Waals surface area contributed by atoms with Crippen LogP contribution in [-0.2, 0) is 11.2 Å². The largest absolute Gasteiger partial charge is 0.508 e. The van der Waals surface area contributed by atoms with Gasteiger partial charge < -0.3 is 20.6 Å². The van der Waals surface area contributed by atoms with Crippen LogP contribution in [0, 0.1) is 0 Å². The highest BCUT2D eigenvalue weighted by Gasteiger charge is 2.34. The van der Waals surface area contributed by atoms with E-state index in [0.717, 1.165) is 12.1 Å². The van der Waals surface area contributed by atoms with E-state index >= 15 is 0 Å². The summed E-state index contributed by atoms with van der Waals surface area (Å²) in [6.45, 7) is 4.51. The van der Waals surface area contributed by atoms with E-state index in [2.05, 4.69) is 5.10 Å². The summed E-state index contributed by atoms with van der Waals surface area (Å²) in [4.78, 5) is 40.8. The van der Waals surface area contributed by atoms with Crippen molar-refractivity contribution >= 4 is 29.1 Å². The fraction of sp³-hybridized carbons (Fsp3) is 0.250. The number of hydrogen-bond acceptors (Lipinski definition) is 5. The normalized spacial score (nSPS) is 13.0. The number of anilines is 2. The van der Waals surface area contributed by atoms with E-state index < -0.39 is 5.91 Å². The molecule has 9 nitrogen and oxygen atoms in total. The molecule has 0 unspecified atom stereocenters. The third kappa shape index (κ3) is 4.05. The van der Waals surface area contributed by atoms with E-state index in [1.807, 2.05) is 19.1 Å². The predicted octanol–water partition coefficient (Wildman–Crippen LogP) is 2.64. The third-order valence-electron chi connectivity index (χ3n) is 5.64. The minimum Gasteiger partial charge on any atom is -0.508 e. The molecule has 0 saturated heterocycles. The lowest BCUT2D eigenvalue weighted by atomic mass is 10.0. The van der Waals surface area contributed by atoms with Crippen LogP contribution in [0.25, 0.3) is 5.69 Å². The van der Waals surface area contributed by atoms with Crippen LogP contribution in [0.5, 0.6) is 5.75 Å². The van der Waals surface area contributed by atoms with E-state index in [-0.39, 0.29) is 29.0 Å². The molecule has 1 aliphatic rings. The molecule has 0 saturated carbocycles. The van der Waals surface area contributed by atoms with Crippen LogP contribution in [0.2, 0.25) is 0 Å².